The van der Waals surface area contributed by atoms with Gasteiger partial charge in [0.25, 0.3) is 0 Å². The maximum atomic E-state index is 12.8. The average Bonchev–Trinajstić information content (AvgIpc) is 3.42. The highest BCUT2D eigenvalue weighted by molar-refractivity contribution is 7.89. The monoisotopic (exact) mass is 572 g/mol. The van der Waals surface area contributed by atoms with E-state index in [1.54, 1.807) is 30.5 Å². The van der Waals surface area contributed by atoms with Gasteiger partial charge in [-0.25, -0.2) is 18.1 Å². The fraction of sp³-hybridized carbons (Fsp3) is 0.407. The maximum absolute atomic E-state index is 12.8. The molecule has 3 aromatic rings. The fourth-order valence-electron chi connectivity index (χ4n) is 4.78. The quantitative estimate of drug-likeness (QED) is 0.305. The summed E-state index contributed by atoms with van der Waals surface area (Å²) in [4.78, 5) is 11.8. The minimum Gasteiger partial charge on any atom is -0.505 e. The number of nitrogens with zero attached hydrogens (tertiary/aromatic N) is 3. The predicted octanol–water partition coefficient (Wildman–Crippen LogP) is 0.664. The van der Waals surface area contributed by atoms with E-state index in [0.29, 0.717) is 17.5 Å². The third-order valence-electron chi connectivity index (χ3n) is 7.67. The SMILES string of the molecule is BC(B)(Oc1ccc(Nc2ncc(C)c(Nc3cccc(S(=O)(=O)NC(C)(C)C)c3)n2)cc1)C(B)(B)N1CCCC1. The van der Waals surface area contributed by atoms with Gasteiger partial charge in [-0.2, -0.15) is 4.98 Å². The molecule has 2 heterocycles. The molecule has 0 bridgehead atoms. The molecule has 14 heteroatoms. The van der Waals surface area contributed by atoms with Crippen molar-refractivity contribution in [3.63, 3.8) is 0 Å². The molecule has 0 radical (unpaired) electrons. The number of likely N-dealkylation sites (tertiary alicyclic amines) is 1. The minimum absolute atomic E-state index is 0.105. The molecule has 2 aromatic carbocycles. The summed E-state index contributed by atoms with van der Waals surface area (Å²) in [6.07, 6.45) is 4.20. The Morgan fingerprint density at radius 3 is 2.22 bits per heavy atom. The third kappa shape index (κ3) is 7.67. The molecule has 1 aromatic heterocycles. The summed E-state index contributed by atoms with van der Waals surface area (Å²) < 4.78 is 34.8. The second-order valence-corrected chi connectivity index (χ2v) is 14.4. The molecule has 0 amide bonds. The third-order valence-corrected chi connectivity index (χ3v) is 9.43. The Kier molecular flexibility index (Phi) is 8.87. The van der Waals surface area contributed by atoms with Crippen molar-refractivity contribution in [3.8, 4) is 5.75 Å². The van der Waals surface area contributed by atoms with Gasteiger partial charge in [-0.3, -0.25) is 0 Å². The van der Waals surface area contributed by atoms with Gasteiger partial charge < -0.3 is 20.3 Å². The maximum Gasteiger partial charge on any atom is 0.241 e. The Labute approximate surface area is 248 Å². The zero-order valence-electron chi connectivity index (χ0n) is 25.5. The Bertz CT molecular complexity index is 1480. The molecule has 4 rings (SSSR count). The first kappa shape index (κ1) is 31.0. The van der Waals surface area contributed by atoms with Crippen LogP contribution < -0.4 is 20.1 Å². The largest absolute Gasteiger partial charge is 0.505 e. The van der Waals surface area contributed by atoms with Crippen LogP contribution in [0.4, 0.5) is 23.1 Å². The van der Waals surface area contributed by atoms with Crippen LogP contribution >= 0.6 is 0 Å². The molecule has 0 spiro atoms. The van der Waals surface area contributed by atoms with Gasteiger partial charge in [-0.15, -0.1) is 0 Å². The van der Waals surface area contributed by atoms with Gasteiger partial charge in [0.05, 0.1) is 4.90 Å². The lowest BCUT2D eigenvalue weighted by atomic mass is 9.39. The number of sulfonamides is 1. The molecule has 0 aliphatic carbocycles. The van der Waals surface area contributed by atoms with Crippen molar-refractivity contribution in [1.82, 2.24) is 19.6 Å². The van der Waals surface area contributed by atoms with Crippen LogP contribution in [0.15, 0.2) is 59.6 Å². The van der Waals surface area contributed by atoms with Crippen LogP contribution in [0.25, 0.3) is 0 Å². The van der Waals surface area contributed by atoms with Crippen LogP contribution in [0.2, 0.25) is 0 Å². The standard InChI is InChI=1S/C27H40B4N6O3S/c1-18-17-32-24(35-23(18)33-20-8-7-9-22(16-20)41(38,39)36-25(2,3)4)34-19-10-12-21(13-11-19)40-27(30,31)26(28,29)37-14-5-6-15-37/h7-13,16-17,36H,5-6,14-15,28-31H2,1-4H3,(H2,32,33,34,35). The smallest absolute Gasteiger partial charge is 0.241 e. The zero-order chi connectivity index (χ0) is 30.1. The summed E-state index contributed by atoms with van der Waals surface area (Å²) >= 11 is 0. The van der Waals surface area contributed by atoms with Crippen molar-refractivity contribution in [2.75, 3.05) is 23.7 Å². The lowest BCUT2D eigenvalue weighted by molar-refractivity contribution is 0.126. The number of rotatable bonds is 10. The van der Waals surface area contributed by atoms with Gasteiger partial charge in [-0.05, 0) is 101 Å². The molecule has 0 atom stereocenters. The summed E-state index contributed by atoms with van der Waals surface area (Å²) in [6.45, 7) is 9.53. The topological polar surface area (TPSA) is 108 Å². The van der Waals surface area contributed by atoms with E-state index in [0.717, 1.165) is 30.1 Å². The molecule has 1 aliphatic rings. The lowest BCUT2D eigenvalue weighted by Crippen LogP contribution is -2.68. The molecule has 0 unspecified atom stereocenters. The molecule has 3 N–H and O–H groups in total. The van der Waals surface area contributed by atoms with Crippen molar-refractivity contribution in [2.45, 2.75) is 61.7 Å². The van der Waals surface area contributed by atoms with E-state index in [-0.39, 0.29) is 15.6 Å². The Morgan fingerprint density at radius 1 is 0.927 bits per heavy atom. The lowest BCUT2D eigenvalue weighted by Gasteiger charge is -2.49. The first-order valence-corrected chi connectivity index (χ1v) is 15.6. The summed E-state index contributed by atoms with van der Waals surface area (Å²) in [6, 6.07) is 14.5. The predicted molar refractivity (Wildman–Crippen MR) is 177 cm³/mol. The van der Waals surface area contributed by atoms with E-state index in [9.17, 15) is 8.42 Å². The number of hydrogen-bond acceptors (Lipinski definition) is 8. The van der Waals surface area contributed by atoms with E-state index in [1.807, 2.05) is 52.0 Å². The fourth-order valence-corrected chi connectivity index (χ4v) is 6.24. The van der Waals surface area contributed by atoms with Crippen LogP contribution in [0.1, 0.15) is 39.2 Å². The van der Waals surface area contributed by atoms with Gasteiger partial charge >= 0.3 is 0 Å². The number of benzene rings is 2. The van der Waals surface area contributed by atoms with Crippen LogP contribution in [-0.4, -0.2) is 84.0 Å². The van der Waals surface area contributed by atoms with Crippen LogP contribution in [0.5, 0.6) is 5.75 Å². The second kappa shape index (κ2) is 11.7. The van der Waals surface area contributed by atoms with E-state index in [1.165, 1.54) is 12.8 Å². The number of aromatic nitrogens is 2. The van der Waals surface area contributed by atoms with E-state index in [2.05, 4.69) is 61.6 Å². The molecule has 9 nitrogen and oxygen atoms in total. The average molecular weight is 572 g/mol. The molecule has 1 saturated heterocycles. The van der Waals surface area contributed by atoms with E-state index >= 15 is 0 Å². The molecule has 1 fully saturated rings. The first-order chi connectivity index (χ1) is 19.1. The Hall–Kier alpha value is -2.95. The number of ether oxygens (including phenoxy) is 1. The van der Waals surface area contributed by atoms with Gasteiger partial charge in [0.2, 0.25) is 16.0 Å². The Morgan fingerprint density at radius 2 is 1.59 bits per heavy atom. The summed E-state index contributed by atoms with van der Waals surface area (Å²) in [5.74, 6) is 1.79. The molecular formula is C27H40B4N6O3S. The van der Waals surface area contributed by atoms with Crippen molar-refractivity contribution in [1.29, 1.82) is 0 Å². The van der Waals surface area contributed by atoms with Gasteiger partial charge in [0.1, 0.15) is 43.0 Å². The van der Waals surface area contributed by atoms with Crippen molar-refractivity contribution in [2.24, 2.45) is 0 Å². The summed E-state index contributed by atoms with van der Waals surface area (Å²) in [5.41, 5.74) is 1.67. The molecule has 214 valence electrons. The highest BCUT2D eigenvalue weighted by Gasteiger charge is 2.43. The van der Waals surface area contributed by atoms with E-state index in [4.69, 9.17) is 4.74 Å². The van der Waals surface area contributed by atoms with Crippen LogP contribution in [0, 0.1) is 6.92 Å². The van der Waals surface area contributed by atoms with Gasteiger partial charge in [-0.1, -0.05) is 6.07 Å². The number of anilines is 4. The molecule has 0 saturated carbocycles. The van der Waals surface area contributed by atoms with Crippen molar-refractivity contribution in [3.05, 3.63) is 60.3 Å². The van der Waals surface area contributed by atoms with Crippen LogP contribution in [0.3, 0.4) is 0 Å². The highest BCUT2D eigenvalue weighted by Crippen LogP contribution is 2.29. The second-order valence-electron chi connectivity index (χ2n) is 12.7. The molecular weight excluding hydrogens is 532 g/mol. The van der Waals surface area contributed by atoms with Gasteiger partial charge in [0.15, 0.2) is 0 Å². The normalized spacial score (nSPS) is 15.0. The first-order valence-electron chi connectivity index (χ1n) is 14.1. The molecule has 41 heavy (non-hydrogen) atoms. The summed E-state index contributed by atoms with van der Waals surface area (Å²) in [5, 5.41) is 6.00. The van der Waals surface area contributed by atoms with Crippen molar-refractivity contribution < 1.29 is 13.2 Å². The molecule has 1 aliphatic heterocycles. The van der Waals surface area contributed by atoms with E-state index < -0.39 is 15.6 Å². The number of hydrogen-bond donors (Lipinski definition) is 3. The van der Waals surface area contributed by atoms with Crippen molar-refractivity contribution >= 4 is 64.5 Å². The van der Waals surface area contributed by atoms with Gasteiger partial charge in [0, 0.05) is 34.1 Å². The Balaban J connectivity index is 1.45. The minimum atomic E-state index is -3.67. The van der Waals surface area contributed by atoms with Crippen LogP contribution in [-0.2, 0) is 10.0 Å². The number of nitrogens with one attached hydrogen (secondary N) is 3. The zero-order valence-corrected chi connectivity index (χ0v) is 26.3. The highest BCUT2D eigenvalue weighted by atomic mass is 32.2. The summed E-state index contributed by atoms with van der Waals surface area (Å²) in [7, 11) is 5.15. The number of aryl methyl sites for hydroxylation is 1.